The molecule has 0 heterocycles. The Morgan fingerprint density at radius 3 is 2.75 bits per heavy atom. The van der Waals surface area contributed by atoms with Crippen LogP contribution in [0.1, 0.15) is 5.56 Å². The lowest BCUT2D eigenvalue weighted by Crippen LogP contribution is -2.25. The largest absolute Gasteiger partial charge is 0.481 e. The second-order valence-corrected chi connectivity index (χ2v) is 4.21. The van der Waals surface area contributed by atoms with Crippen LogP contribution < -0.4 is 5.73 Å². The van der Waals surface area contributed by atoms with Crippen LogP contribution in [0.15, 0.2) is 29.2 Å². The van der Waals surface area contributed by atoms with E-state index in [1.54, 1.807) is 11.8 Å². The third-order valence-corrected chi connectivity index (χ3v) is 2.98. The lowest BCUT2D eigenvalue weighted by molar-refractivity contribution is -0.141. The zero-order chi connectivity index (χ0) is 11.3. The Labute approximate surface area is 106 Å². The maximum atomic E-state index is 10.8. The molecule has 1 aromatic rings. The fraction of sp³-hybridized carbons (Fsp3) is 0.364. The van der Waals surface area contributed by atoms with Gasteiger partial charge in [0.25, 0.3) is 0 Å². The van der Waals surface area contributed by atoms with Gasteiger partial charge in [-0.2, -0.15) is 0 Å². The zero-order valence-electron chi connectivity index (χ0n) is 9.05. The van der Waals surface area contributed by atoms with E-state index in [0.29, 0.717) is 6.42 Å². The van der Waals surface area contributed by atoms with Gasteiger partial charge >= 0.3 is 5.97 Å². The van der Waals surface area contributed by atoms with Crippen molar-refractivity contribution >= 4 is 30.1 Å². The highest BCUT2D eigenvalue weighted by Gasteiger charge is 2.15. The van der Waals surface area contributed by atoms with E-state index in [-0.39, 0.29) is 19.0 Å². The molecule has 0 aliphatic heterocycles. The number of carbonyl (C=O) groups is 1. The number of hydrogen-bond acceptors (Lipinski definition) is 3. The third-order valence-electron chi connectivity index (χ3n) is 2.25. The van der Waals surface area contributed by atoms with Crippen molar-refractivity contribution in [3.05, 3.63) is 29.8 Å². The predicted molar refractivity (Wildman–Crippen MR) is 69.4 cm³/mol. The third kappa shape index (κ3) is 4.43. The summed E-state index contributed by atoms with van der Waals surface area (Å²) in [6.07, 6.45) is 2.50. The molecule has 0 bridgehead atoms. The minimum absolute atomic E-state index is 0. The molecule has 3 nitrogen and oxygen atoms in total. The standard InChI is InChI=1S/C11H15NO2S.ClH/c1-15-10-4-2-3-8(6-10)5-9(7-12)11(13)14;/h2-4,6,9H,5,7,12H2,1H3,(H,13,14);1H/t9-;/m0./s1. The summed E-state index contributed by atoms with van der Waals surface area (Å²) in [6.45, 7) is 0.179. The van der Waals surface area contributed by atoms with E-state index in [1.165, 1.54) is 0 Å². The zero-order valence-corrected chi connectivity index (χ0v) is 10.7. The van der Waals surface area contributed by atoms with Crippen molar-refractivity contribution < 1.29 is 9.90 Å². The number of aliphatic carboxylic acids is 1. The van der Waals surface area contributed by atoms with Crippen molar-refractivity contribution in [2.45, 2.75) is 11.3 Å². The molecule has 0 aromatic heterocycles. The van der Waals surface area contributed by atoms with Crippen LogP contribution in [-0.2, 0) is 11.2 Å². The Hall–Kier alpha value is -0.710. The molecule has 1 atom stereocenters. The normalized spacial score (nSPS) is 11.6. The number of halogens is 1. The summed E-state index contributed by atoms with van der Waals surface area (Å²) in [5.41, 5.74) is 6.43. The highest BCUT2D eigenvalue weighted by atomic mass is 35.5. The van der Waals surface area contributed by atoms with E-state index in [0.717, 1.165) is 10.5 Å². The van der Waals surface area contributed by atoms with Crippen LogP contribution in [-0.4, -0.2) is 23.9 Å². The number of hydrogen-bond donors (Lipinski definition) is 2. The lowest BCUT2D eigenvalue weighted by Gasteiger charge is -2.10. The molecular weight excluding hydrogens is 246 g/mol. The van der Waals surface area contributed by atoms with Gasteiger partial charge in [0, 0.05) is 11.4 Å². The molecule has 0 saturated heterocycles. The molecule has 0 radical (unpaired) electrons. The number of thioether (sulfide) groups is 1. The molecule has 0 unspecified atom stereocenters. The Morgan fingerprint density at radius 2 is 2.25 bits per heavy atom. The molecule has 1 rings (SSSR count). The van der Waals surface area contributed by atoms with Crippen molar-refractivity contribution in [3.8, 4) is 0 Å². The second kappa shape index (κ2) is 7.54. The Balaban J connectivity index is 0.00000225. The molecule has 90 valence electrons. The van der Waals surface area contributed by atoms with Gasteiger partial charge in [-0.05, 0) is 30.4 Å². The minimum atomic E-state index is -0.827. The topological polar surface area (TPSA) is 63.3 Å². The van der Waals surface area contributed by atoms with Crippen LogP contribution in [0, 0.1) is 5.92 Å². The van der Waals surface area contributed by atoms with E-state index >= 15 is 0 Å². The number of carboxylic acids is 1. The van der Waals surface area contributed by atoms with Crippen molar-refractivity contribution in [2.24, 2.45) is 11.7 Å². The van der Waals surface area contributed by atoms with Crippen molar-refractivity contribution in [1.82, 2.24) is 0 Å². The highest BCUT2D eigenvalue weighted by molar-refractivity contribution is 7.98. The summed E-state index contributed by atoms with van der Waals surface area (Å²) in [7, 11) is 0. The number of rotatable bonds is 5. The van der Waals surface area contributed by atoms with Crippen LogP contribution in [0.4, 0.5) is 0 Å². The van der Waals surface area contributed by atoms with Gasteiger partial charge in [0.05, 0.1) is 5.92 Å². The minimum Gasteiger partial charge on any atom is -0.481 e. The van der Waals surface area contributed by atoms with E-state index in [9.17, 15) is 4.79 Å². The number of nitrogens with two attached hydrogens (primary N) is 1. The van der Waals surface area contributed by atoms with Crippen molar-refractivity contribution in [2.75, 3.05) is 12.8 Å². The molecule has 5 heteroatoms. The number of carboxylic acid groups (broad SMARTS) is 1. The molecule has 0 aliphatic rings. The van der Waals surface area contributed by atoms with Crippen LogP contribution in [0.25, 0.3) is 0 Å². The van der Waals surface area contributed by atoms with Gasteiger partial charge in [-0.25, -0.2) is 0 Å². The van der Waals surface area contributed by atoms with Crippen molar-refractivity contribution in [1.29, 1.82) is 0 Å². The summed E-state index contributed by atoms with van der Waals surface area (Å²) in [4.78, 5) is 12.0. The van der Waals surface area contributed by atoms with Crippen molar-refractivity contribution in [3.63, 3.8) is 0 Å². The van der Waals surface area contributed by atoms with Crippen LogP contribution in [0.5, 0.6) is 0 Å². The maximum absolute atomic E-state index is 10.8. The molecule has 0 amide bonds. The molecular formula is C11H16ClNO2S. The molecule has 1 aromatic carbocycles. The molecule has 0 fully saturated rings. The molecule has 3 N–H and O–H groups in total. The molecule has 16 heavy (non-hydrogen) atoms. The first kappa shape index (κ1) is 15.3. The van der Waals surface area contributed by atoms with E-state index in [1.807, 2.05) is 30.5 Å². The van der Waals surface area contributed by atoms with Gasteiger partial charge in [-0.1, -0.05) is 12.1 Å². The van der Waals surface area contributed by atoms with Crippen LogP contribution in [0.2, 0.25) is 0 Å². The Bertz CT molecular complexity index is 347. The van der Waals surface area contributed by atoms with E-state index in [2.05, 4.69) is 0 Å². The van der Waals surface area contributed by atoms with Gasteiger partial charge < -0.3 is 10.8 Å². The molecule has 0 spiro atoms. The first-order chi connectivity index (χ1) is 7.17. The average Bonchev–Trinajstić information content (AvgIpc) is 2.25. The Kier molecular flexibility index (Phi) is 7.21. The summed E-state index contributed by atoms with van der Waals surface area (Å²) >= 11 is 1.65. The summed E-state index contributed by atoms with van der Waals surface area (Å²) < 4.78 is 0. The maximum Gasteiger partial charge on any atom is 0.308 e. The predicted octanol–water partition coefficient (Wildman–Crippen LogP) is 2.03. The monoisotopic (exact) mass is 261 g/mol. The second-order valence-electron chi connectivity index (χ2n) is 3.33. The summed E-state index contributed by atoms with van der Waals surface area (Å²) in [6, 6.07) is 7.89. The fourth-order valence-electron chi connectivity index (χ4n) is 1.36. The number of benzene rings is 1. The quantitative estimate of drug-likeness (QED) is 0.796. The smallest absolute Gasteiger partial charge is 0.308 e. The van der Waals surface area contributed by atoms with Gasteiger partial charge in [0.15, 0.2) is 0 Å². The average molecular weight is 262 g/mol. The van der Waals surface area contributed by atoms with Crippen LogP contribution in [0.3, 0.4) is 0 Å². The van der Waals surface area contributed by atoms with Gasteiger partial charge in [-0.15, -0.1) is 24.2 Å². The van der Waals surface area contributed by atoms with E-state index in [4.69, 9.17) is 10.8 Å². The fourth-order valence-corrected chi connectivity index (χ4v) is 1.84. The van der Waals surface area contributed by atoms with Gasteiger partial charge in [-0.3, -0.25) is 4.79 Å². The first-order valence-corrected chi connectivity index (χ1v) is 5.95. The van der Waals surface area contributed by atoms with Gasteiger partial charge in [0.1, 0.15) is 0 Å². The Morgan fingerprint density at radius 1 is 1.56 bits per heavy atom. The highest BCUT2D eigenvalue weighted by Crippen LogP contribution is 2.17. The summed E-state index contributed by atoms with van der Waals surface area (Å²) in [5, 5.41) is 8.88. The molecule has 0 aliphatic carbocycles. The summed E-state index contributed by atoms with van der Waals surface area (Å²) in [5.74, 6) is -1.31. The SMILES string of the molecule is CSc1cccc(C[C@@H](CN)C(=O)O)c1.Cl. The molecule has 0 saturated carbocycles. The van der Waals surface area contributed by atoms with Gasteiger partial charge in [0.2, 0.25) is 0 Å². The first-order valence-electron chi connectivity index (χ1n) is 4.73. The van der Waals surface area contributed by atoms with E-state index < -0.39 is 11.9 Å². The van der Waals surface area contributed by atoms with Crippen LogP contribution >= 0.6 is 24.2 Å². The lowest BCUT2D eigenvalue weighted by atomic mass is 10.00.